The molecule has 0 N–H and O–H groups in total. The van der Waals surface area contributed by atoms with Crippen molar-refractivity contribution >= 4 is 17.9 Å². The average Bonchev–Trinajstić information content (AvgIpc) is 2.50. The van der Waals surface area contributed by atoms with E-state index < -0.39 is 18.0 Å². The van der Waals surface area contributed by atoms with Crippen LogP contribution in [0.3, 0.4) is 0 Å². The lowest BCUT2D eigenvalue weighted by Crippen LogP contribution is -2.55. The van der Waals surface area contributed by atoms with Crippen molar-refractivity contribution in [1.82, 2.24) is 0 Å². The van der Waals surface area contributed by atoms with Crippen LogP contribution >= 0.6 is 0 Å². The number of quaternary nitrogens is 1. The van der Waals surface area contributed by atoms with Gasteiger partial charge in [-0.25, -0.2) is 9.59 Å². The molecule has 150 valence electrons. The van der Waals surface area contributed by atoms with Gasteiger partial charge < -0.3 is 23.9 Å². The van der Waals surface area contributed by atoms with Crippen LogP contribution in [0.5, 0.6) is 0 Å². The Kier molecular flexibility index (Phi) is 13.1. The van der Waals surface area contributed by atoms with Crippen LogP contribution in [0, 0.1) is 0 Å². The van der Waals surface area contributed by atoms with Crippen LogP contribution in [0.2, 0.25) is 0 Å². The number of likely N-dealkylation sites (N-methyl/N-ethyl adjacent to an activating group) is 1. The quantitative estimate of drug-likeness (QED) is 0.248. The number of ether oxygens (including phenoxy) is 2. The minimum atomic E-state index is -1.14. The number of carbonyl (C=O) groups is 3. The summed E-state index contributed by atoms with van der Waals surface area (Å²) in [5.74, 6) is -1.93. The molecule has 0 aliphatic heterocycles. The molecule has 0 radical (unpaired) electrons. The number of carboxylic acid groups (broad SMARTS) is 1. The summed E-state index contributed by atoms with van der Waals surface area (Å²) in [6.07, 6.45) is 2.20. The second kappa shape index (κ2) is 13.1. The molecule has 1 atom stereocenters. The predicted octanol–water partition coefficient (Wildman–Crippen LogP) is 1.23. The van der Waals surface area contributed by atoms with Gasteiger partial charge in [-0.05, 0) is 20.3 Å². The maximum absolute atomic E-state index is 11.1. The zero-order valence-electron chi connectivity index (χ0n) is 16.9. The first-order valence-corrected chi connectivity index (χ1v) is 8.51. The van der Waals surface area contributed by atoms with Crippen molar-refractivity contribution in [3.63, 3.8) is 0 Å². The van der Waals surface area contributed by atoms with Crippen molar-refractivity contribution < 1.29 is 33.4 Å². The van der Waals surface area contributed by atoms with E-state index in [0.717, 1.165) is 12.8 Å². The number of carbonyl (C=O) groups excluding carboxylic acids is 3. The Bertz CT molecular complexity index is 505. The fraction of sp³-hybridized carbons (Fsp3) is 0.632. The van der Waals surface area contributed by atoms with Crippen LogP contribution in [-0.2, 0) is 23.9 Å². The number of carboxylic acids is 1. The number of aliphatic carboxylic acids is 1. The zero-order chi connectivity index (χ0) is 20.9. The SMILES string of the molecule is C=C(C)C(=O)OCCC(C(=O)[O-])[N+](C)(C)C.C=C(C)C(=O)OCCCC. The molecule has 0 rings (SSSR count). The highest BCUT2D eigenvalue weighted by atomic mass is 16.5. The third kappa shape index (κ3) is 13.2. The van der Waals surface area contributed by atoms with E-state index in [1.807, 2.05) is 0 Å². The molecule has 0 aromatic carbocycles. The van der Waals surface area contributed by atoms with E-state index in [4.69, 9.17) is 9.47 Å². The van der Waals surface area contributed by atoms with Crippen LogP contribution in [0.25, 0.3) is 0 Å². The number of esters is 2. The minimum Gasteiger partial charge on any atom is -0.544 e. The molecule has 0 aliphatic rings. The molecule has 0 saturated carbocycles. The number of rotatable bonds is 10. The number of unbranched alkanes of at least 4 members (excludes halogenated alkanes) is 1. The topological polar surface area (TPSA) is 92.7 Å². The van der Waals surface area contributed by atoms with Gasteiger partial charge in [0, 0.05) is 17.6 Å². The van der Waals surface area contributed by atoms with Crippen LogP contribution in [0.15, 0.2) is 24.3 Å². The van der Waals surface area contributed by atoms with E-state index in [1.165, 1.54) is 0 Å². The highest BCUT2D eigenvalue weighted by Crippen LogP contribution is 2.07. The first-order valence-electron chi connectivity index (χ1n) is 8.51. The van der Waals surface area contributed by atoms with E-state index in [1.54, 1.807) is 35.0 Å². The van der Waals surface area contributed by atoms with Gasteiger partial charge in [0.15, 0.2) is 0 Å². The Labute approximate surface area is 156 Å². The van der Waals surface area contributed by atoms with Gasteiger partial charge in [-0.3, -0.25) is 0 Å². The van der Waals surface area contributed by atoms with E-state index >= 15 is 0 Å². The summed E-state index contributed by atoms with van der Waals surface area (Å²) in [5.41, 5.74) is 0.770. The van der Waals surface area contributed by atoms with Crippen molar-refractivity contribution in [2.45, 2.75) is 46.1 Å². The summed E-state index contributed by atoms with van der Waals surface area (Å²) in [7, 11) is 5.25. The average molecular weight is 371 g/mol. The van der Waals surface area contributed by atoms with Gasteiger partial charge in [0.25, 0.3) is 0 Å². The smallest absolute Gasteiger partial charge is 0.333 e. The van der Waals surface area contributed by atoms with E-state index in [9.17, 15) is 19.5 Å². The summed E-state index contributed by atoms with van der Waals surface area (Å²) in [4.78, 5) is 32.6. The van der Waals surface area contributed by atoms with Gasteiger partial charge in [0.1, 0.15) is 6.04 Å². The van der Waals surface area contributed by atoms with Crippen molar-refractivity contribution in [3.05, 3.63) is 24.3 Å². The van der Waals surface area contributed by atoms with Crippen molar-refractivity contribution in [3.8, 4) is 0 Å². The Balaban J connectivity index is 0. The number of nitrogens with zero attached hydrogens (tertiary/aromatic N) is 1. The minimum absolute atomic E-state index is 0.0554. The maximum atomic E-state index is 11.1. The Morgan fingerprint density at radius 3 is 1.69 bits per heavy atom. The molecule has 0 bridgehead atoms. The third-order valence-electron chi connectivity index (χ3n) is 3.26. The molecule has 26 heavy (non-hydrogen) atoms. The van der Waals surface area contributed by atoms with Gasteiger partial charge in [0.05, 0.1) is 40.3 Å². The van der Waals surface area contributed by atoms with Crippen LogP contribution in [0.1, 0.15) is 40.0 Å². The largest absolute Gasteiger partial charge is 0.544 e. The van der Waals surface area contributed by atoms with Gasteiger partial charge in [0.2, 0.25) is 0 Å². The molecule has 0 amide bonds. The molecule has 7 nitrogen and oxygen atoms in total. The lowest BCUT2D eigenvalue weighted by atomic mass is 10.1. The molecule has 1 unspecified atom stereocenters. The molecular weight excluding hydrogens is 338 g/mol. The van der Waals surface area contributed by atoms with Gasteiger partial charge in [-0.1, -0.05) is 26.5 Å². The van der Waals surface area contributed by atoms with Crippen LogP contribution < -0.4 is 5.11 Å². The standard InChI is InChI=1S/C11H19NO4.C8H14O2/c1-8(2)11(15)16-7-6-9(10(13)14)12(3,4)5;1-4-5-6-10-8(9)7(2)3/h9H,1,6-7H2,2-5H3;2,4-6H2,1,3H3. The first-order chi connectivity index (χ1) is 11.8. The van der Waals surface area contributed by atoms with Crippen molar-refractivity contribution in [1.29, 1.82) is 0 Å². The van der Waals surface area contributed by atoms with E-state index in [-0.39, 0.29) is 23.5 Å². The molecule has 0 saturated heterocycles. The Morgan fingerprint density at radius 2 is 1.38 bits per heavy atom. The van der Waals surface area contributed by atoms with Gasteiger partial charge >= 0.3 is 11.9 Å². The first kappa shape index (κ1) is 26.1. The summed E-state index contributed by atoms with van der Waals surface area (Å²) in [5, 5.41) is 10.9. The highest BCUT2D eigenvalue weighted by Gasteiger charge is 2.25. The summed E-state index contributed by atoms with van der Waals surface area (Å²) >= 11 is 0. The third-order valence-corrected chi connectivity index (χ3v) is 3.26. The molecule has 0 aromatic rings. The molecule has 7 heteroatoms. The lowest BCUT2D eigenvalue weighted by Gasteiger charge is -2.34. The predicted molar refractivity (Wildman–Crippen MR) is 97.9 cm³/mol. The molecule has 0 spiro atoms. The maximum Gasteiger partial charge on any atom is 0.333 e. The fourth-order valence-electron chi connectivity index (χ4n) is 1.64. The summed E-state index contributed by atoms with van der Waals surface area (Å²) < 4.78 is 9.87. The second-order valence-corrected chi connectivity index (χ2v) is 6.93. The number of hydrogen-bond acceptors (Lipinski definition) is 6. The monoisotopic (exact) mass is 371 g/mol. The number of hydrogen-bond donors (Lipinski definition) is 0. The van der Waals surface area contributed by atoms with Gasteiger partial charge in [-0.2, -0.15) is 0 Å². The Hall–Kier alpha value is -2.15. The van der Waals surface area contributed by atoms with E-state index in [2.05, 4.69) is 20.1 Å². The van der Waals surface area contributed by atoms with E-state index in [0.29, 0.717) is 17.8 Å². The van der Waals surface area contributed by atoms with Crippen LogP contribution in [-0.4, -0.2) is 62.8 Å². The lowest BCUT2D eigenvalue weighted by molar-refractivity contribution is -0.889. The zero-order valence-corrected chi connectivity index (χ0v) is 16.9. The highest BCUT2D eigenvalue weighted by molar-refractivity contribution is 5.87. The molecule has 0 aliphatic carbocycles. The molecule has 0 aromatic heterocycles. The summed E-state index contributed by atoms with van der Waals surface area (Å²) in [6, 6.07) is -0.696. The molecular formula is C19H33NO6. The molecule has 0 heterocycles. The Morgan fingerprint density at radius 1 is 0.962 bits per heavy atom. The van der Waals surface area contributed by atoms with Crippen LogP contribution in [0.4, 0.5) is 0 Å². The summed E-state index contributed by atoms with van der Waals surface area (Å²) in [6.45, 7) is 12.7. The van der Waals surface area contributed by atoms with Gasteiger partial charge in [-0.15, -0.1) is 0 Å². The molecule has 0 fully saturated rings. The fourth-order valence-corrected chi connectivity index (χ4v) is 1.64. The van der Waals surface area contributed by atoms with Crippen molar-refractivity contribution in [2.75, 3.05) is 34.4 Å². The normalized spacial score (nSPS) is 11.5. The second-order valence-electron chi connectivity index (χ2n) is 6.93. The van der Waals surface area contributed by atoms with Crippen molar-refractivity contribution in [2.24, 2.45) is 0 Å².